The van der Waals surface area contributed by atoms with Crippen molar-refractivity contribution < 1.29 is 8.98 Å². The van der Waals surface area contributed by atoms with Crippen LogP contribution in [0.2, 0.25) is 5.04 Å². The second-order valence-electron chi connectivity index (χ2n) is 14.0. The average Bonchev–Trinajstić information content (AvgIpc) is 2.93. The summed E-state index contributed by atoms with van der Waals surface area (Å²) in [5.41, 5.74) is 1.39. The number of hydrogen-bond donors (Lipinski definition) is 0. The van der Waals surface area contributed by atoms with Crippen LogP contribution in [-0.4, -0.2) is 40.0 Å². The standard InChI is InChI=1S/C35H45N3O3SSi/c1-25-21-26(23-36-42(40)33(2,3)4)30-29(22-25)31(39)38(10)32(37-30)35(8,9)24-41-43(34(5,6)7,27-17-13-11-14-18-27)28-19-15-12-16-20-28/h11-23H,24H2,1-10H3/b36-23-/t42-/m1/s1. The fourth-order valence-electron chi connectivity index (χ4n) is 5.63. The molecule has 0 amide bonds. The third-order valence-corrected chi connectivity index (χ3v) is 14.2. The molecule has 0 spiro atoms. The minimum Gasteiger partial charge on any atom is -0.591 e. The summed E-state index contributed by atoms with van der Waals surface area (Å²) in [6.07, 6.45) is 1.60. The van der Waals surface area contributed by atoms with Gasteiger partial charge in [0.25, 0.3) is 13.9 Å². The van der Waals surface area contributed by atoms with Gasteiger partial charge in [0, 0.05) is 24.6 Å². The van der Waals surface area contributed by atoms with Crippen molar-refractivity contribution in [1.29, 1.82) is 0 Å². The molecule has 0 unspecified atom stereocenters. The Labute approximate surface area is 260 Å². The van der Waals surface area contributed by atoms with E-state index in [0.717, 1.165) is 5.56 Å². The Bertz CT molecular complexity index is 1630. The molecule has 0 saturated heterocycles. The van der Waals surface area contributed by atoms with Crippen LogP contribution < -0.4 is 15.9 Å². The van der Waals surface area contributed by atoms with Crippen molar-refractivity contribution in [3.8, 4) is 0 Å². The van der Waals surface area contributed by atoms with Gasteiger partial charge in [-0.3, -0.25) is 9.36 Å². The molecule has 0 aliphatic heterocycles. The number of nitrogens with zero attached hydrogens (tertiary/aromatic N) is 3. The van der Waals surface area contributed by atoms with Crippen LogP contribution in [0.4, 0.5) is 0 Å². The van der Waals surface area contributed by atoms with Gasteiger partial charge in [0.1, 0.15) is 21.9 Å². The Balaban J connectivity index is 1.85. The number of hydrogen-bond acceptors (Lipinski definition) is 5. The molecular weight excluding hydrogens is 571 g/mol. The number of fused-ring (bicyclic) bond motifs is 1. The predicted molar refractivity (Wildman–Crippen MR) is 184 cm³/mol. The first-order chi connectivity index (χ1) is 20.0. The van der Waals surface area contributed by atoms with Gasteiger partial charge in [-0.2, -0.15) is 0 Å². The molecule has 1 heterocycles. The van der Waals surface area contributed by atoms with E-state index in [1.165, 1.54) is 10.4 Å². The fraction of sp³-hybridized carbons (Fsp3) is 0.400. The van der Waals surface area contributed by atoms with Crippen LogP contribution in [0.15, 0.2) is 82.0 Å². The van der Waals surface area contributed by atoms with Crippen molar-refractivity contribution in [2.75, 3.05) is 6.61 Å². The monoisotopic (exact) mass is 615 g/mol. The van der Waals surface area contributed by atoms with Gasteiger partial charge in [0.15, 0.2) is 0 Å². The van der Waals surface area contributed by atoms with Gasteiger partial charge in [0.2, 0.25) is 0 Å². The number of benzene rings is 3. The molecule has 0 N–H and O–H groups in total. The number of aryl methyl sites for hydroxylation is 1. The largest absolute Gasteiger partial charge is 0.591 e. The first kappa shape index (κ1) is 32.9. The van der Waals surface area contributed by atoms with Gasteiger partial charge < -0.3 is 8.98 Å². The Morgan fingerprint density at radius 2 is 1.47 bits per heavy atom. The highest BCUT2D eigenvalue weighted by atomic mass is 32.2. The highest BCUT2D eigenvalue weighted by molar-refractivity contribution is 7.91. The van der Waals surface area contributed by atoms with E-state index < -0.39 is 29.8 Å². The molecule has 0 saturated carbocycles. The lowest BCUT2D eigenvalue weighted by Crippen LogP contribution is -2.67. The molecule has 4 rings (SSSR count). The van der Waals surface area contributed by atoms with Crippen LogP contribution >= 0.6 is 0 Å². The van der Waals surface area contributed by atoms with Crippen LogP contribution in [0.1, 0.15) is 72.3 Å². The minimum atomic E-state index is -2.81. The summed E-state index contributed by atoms with van der Waals surface area (Å²) < 4.78 is 25.5. The Hall–Kier alpha value is -3.04. The van der Waals surface area contributed by atoms with Crippen molar-refractivity contribution in [2.24, 2.45) is 11.4 Å². The van der Waals surface area contributed by atoms with Gasteiger partial charge in [0.05, 0.1) is 17.1 Å². The molecule has 1 atom stereocenters. The topological polar surface area (TPSA) is 79.5 Å². The normalized spacial score (nSPS) is 14.0. The second-order valence-corrected chi connectivity index (χ2v) is 20.2. The van der Waals surface area contributed by atoms with Crippen LogP contribution in [0.25, 0.3) is 10.9 Å². The van der Waals surface area contributed by atoms with Crippen LogP contribution in [0.5, 0.6) is 0 Å². The molecule has 1 aromatic heterocycles. The van der Waals surface area contributed by atoms with E-state index in [9.17, 15) is 9.35 Å². The maximum atomic E-state index is 13.8. The molecule has 6 nitrogen and oxygen atoms in total. The van der Waals surface area contributed by atoms with Crippen molar-refractivity contribution >= 4 is 47.2 Å². The molecule has 4 aromatic rings. The lowest BCUT2D eigenvalue weighted by Gasteiger charge is -2.44. The Kier molecular flexibility index (Phi) is 9.29. The van der Waals surface area contributed by atoms with E-state index in [1.807, 2.05) is 52.0 Å². The molecule has 0 aliphatic carbocycles. The van der Waals surface area contributed by atoms with E-state index in [1.54, 1.807) is 17.8 Å². The zero-order chi connectivity index (χ0) is 31.8. The molecule has 0 aliphatic rings. The van der Waals surface area contributed by atoms with E-state index in [0.29, 0.717) is 28.9 Å². The highest BCUT2D eigenvalue weighted by Gasteiger charge is 2.51. The minimum absolute atomic E-state index is 0.131. The van der Waals surface area contributed by atoms with Gasteiger partial charge in [-0.25, -0.2) is 4.98 Å². The lowest BCUT2D eigenvalue weighted by molar-refractivity contribution is 0.216. The van der Waals surface area contributed by atoms with E-state index >= 15 is 0 Å². The van der Waals surface area contributed by atoms with E-state index in [2.05, 4.69) is 87.5 Å². The summed E-state index contributed by atoms with van der Waals surface area (Å²) in [6, 6.07) is 24.9. The maximum Gasteiger partial charge on any atom is 0.261 e. The van der Waals surface area contributed by atoms with Gasteiger partial charge in [-0.1, -0.05) is 99.7 Å². The van der Waals surface area contributed by atoms with E-state index in [-0.39, 0.29) is 10.6 Å². The summed E-state index contributed by atoms with van der Waals surface area (Å²) in [5, 5.41) is 2.73. The Morgan fingerprint density at radius 1 is 0.930 bits per heavy atom. The van der Waals surface area contributed by atoms with Gasteiger partial charge >= 0.3 is 0 Å². The summed E-state index contributed by atoms with van der Waals surface area (Å²) in [4.78, 5) is 18.9. The van der Waals surface area contributed by atoms with Crippen molar-refractivity contribution in [2.45, 2.75) is 77.5 Å². The third-order valence-electron chi connectivity index (χ3n) is 7.84. The highest BCUT2D eigenvalue weighted by Crippen LogP contribution is 2.38. The maximum absolute atomic E-state index is 13.8. The van der Waals surface area contributed by atoms with Crippen molar-refractivity contribution in [1.82, 2.24) is 9.55 Å². The first-order valence-electron chi connectivity index (χ1n) is 14.7. The van der Waals surface area contributed by atoms with Crippen LogP contribution in [0, 0.1) is 6.92 Å². The quantitative estimate of drug-likeness (QED) is 0.139. The predicted octanol–water partition coefficient (Wildman–Crippen LogP) is 5.98. The summed E-state index contributed by atoms with van der Waals surface area (Å²) in [7, 11) is -1.03. The summed E-state index contributed by atoms with van der Waals surface area (Å²) in [5.74, 6) is 0.623. The molecule has 8 heteroatoms. The number of rotatable bonds is 8. The second kappa shape index (κ2) is 12.2. The first-order valence-corrected chi connectivity index (χ1v) is 17.7. The molecule has 0 radical (unpaired) electrons. The Morgan fingerprint density at radius 3 is 1.95 bits per heavy atom. The smallest absolute Gasteiger partial charge is 0.261 e. The van der Waals surface area contributed by atoms with Gasteiger partial charge in [-0.05, 0) is 60.8 Å². The summed E-state index contributed by atoms with van der Waals surface area (Å²) in [6.45, 7) is 18.9. The molecule has 43 heavy (non-hydrogen) atoms. The van der Waals surface area contributed by atoms with E-state index in [4.69, 9.17) is 9.41 Å². The molecule has 0 fully saturated rings. The fourth-order valence-corrected chi connectivity index (χ4v) is 10.9. The SMILES string of the molecule is Cc1cc(/C=N\[S@+]([O-])C(C)(C)C)c2nc(C(C)(C)CO[Si](c3ccccc3)(c3ccccc3)C(C)(C)C)n(C)c(=O)c2c1. The lowest BCUT2D eigenvalue weighted by atomic mass is 9.93. The van der Waals surface area contributed by atoms with Gasteiger partial charge in [-0.15, -0.1) is 0 Å². The zero-order valence-corrected chi connectivity index (χ0v) is 29.0. The molecule has 3 aromatic carbocycles. The van der Waals surface area contributed by atoms with Crippen molar-refractivity contribution in [3.63, 3.8) is 0 Å². The molecular formula is C35H45N3O3SSi. The average molecular weight is 616 g/mol. The summed E-state index contributed by atoms with van der Waals surface area (Å²) >= 11 is -1.43. The van der Waals surface area contributed by atoms with Crippen LogP contribution in [0.3, 0.4) is 0 Å². The third kappa shape index (κ3) is 6.58. The van der Waals surface area contributed by atoms with Crippen molar-refractivity contribution in [3.05, 3.63) is 100 Å². The van der Waals surface area contributed by atoms with Crippen LogP contribution in [-0.2, 0) is 28.3 Å². The molecule has 0 bridgehead atoms. The molecule has 228 valence electrons. The number of aromatic nitrogens is 2. The zero-order valence-electron chi connectivity index (χ0n) is 27.2.